The average molecular weight is 230 g/mol. The first-order valence-electron chi connectivity index (χ1n) is 6.16. The fourth-order valence-electron chi connectivity index (χ4n) is 1.92. The van der Waals surface area contributed by atoms with E-state index >= 15 is 0 Å². The molecule has 17 heavy (non-hydrogen) atoms. The maximum atomic E-state index is 9.08. The van der Waals surface area contributed by atoms with Gasteiger partial charge in [0.25, 0.3) is 0 Å². The van der Waals surface area contributed by atoms with E-state index in [0.29, 0.717) is 5.92 Å². The van der Waals surface area contributed by atoms with Crippen molar-refractivity contribution in [2.45, 2.75) is 27.3 Å². The molecular weight excluding hydrogens is 208 g/mol. The summed E-state index contributed by atoms with van der Waals surface area (Å²) in [5.74, 6) is 0.532. The van der Waals surface area contributed by atoms with Crippen LogP contribution in [0.15, 0.2) is 24.3 Å². The van der Waals surface area contributed by atoms with Crippen molar-refractivity contribution in [2.75, 3.05) is 13.6 Å². The van der Waals surface area contributed by atoms with E-state index in [1.54, 1.807) is 0 Å². The zero-order valence-electron chi connectivity index (χ0n) is 11.3. The highest BCUT2D eigenvalue weighted by atomic mass is 15.1. The number of nitrogens with zero attached hydrogens (tertiary/aromatic N) is 2. The molecule has 0 aliphatic heterocycles. The van der Waals surface area contributed by atoms with Crippen LogP contribution in [0.3, 0.4) is 0 Å². The molecule has 0 aromatic heterocycles. The summed E-state index contributed by atoms with van der Waals surface area (Å²) in [7, 11) is 2.08. The Labute approximate surface area is 105 Å². The molecule has 1 rings (SSSR count). The fraction of sp³-hybridized carbons (Fsp3) is 0.533. The zero-order chi connectivity index (χ0) is 12.8. The van der Waals surface area contributed by atoms with Crippen molar-refractivity contribution in [3.8, 4) is 6.07 Å². The molecule has 1 aromatic carbocycles. The minimum absolute atomic E-state index is 0.116. The highest BCUT2D eigenvalue weighted by Gasteiger charge is 2.14. The van der Waals surface area contributed by atoms with E-state index in [4.69, 9.17) is 5.26 Å². The number of aryl methyl sites for hydroxylation is 1. The van der Waals surface area contributed by atoms with Gasteiger partial charge < -0.3 is 4.90 Å². The molecule has 0 spiro atoms. The largest absolute Gasteiger partial charge is 0.301 e. The van der Waals surface area contributed by atoms with E-state index in [9.17, 15) is 0 Å². The van der Waals surface area contributed by atoms with Gasteiger partial charge in [-0.25, -0.2) is 0 Å². The first-order chi connectivity index (χ1) is 8.02. The first-order valence-corrected chi connectivity index (χ1v) is 6.16. The van der Waals surface area contributed by atoms with Crippen LogP contribution in [-0.4, -0.2) is 18.5 Å². The third kappa shape index (κ3) is 4.58. The van der Waals surface area contributed by atoms with Gasteiger partial charge in [-0.2, -0.15) is 5.26 Å². The predicted molar refractivity (Wildman–Crippen MR) is 71.5 cm³/mol. The molecule has 0 amide bonds. The van der Waals surface area contributed by atoms with Gasteiger partial charge in [0, 0.05) is 13.1 Å². The van der Waals surface area contributed by atoms with Gasteiger partial charge in [-0.3, -0.25) is 0 Å². The summed E-state index contributed by atoms with van der Waals surface area (Å²) in [4.78, 5) is 2.22. The Morgan fingerprint density at radius 1 is 1.35 bits per heavy atom. The third-order valence-electron chi connectivity index (χ3n) is 3.01. The maximum Gasteiger partial charge on any atom is 0.0672 e. The van der Waals surface area contributed by atoms with Crippen LogP contribution in [0.25, 0.3) is 0 Å². The number of benzene rings is 1. The molecule has 0 aliphatic rings. The smallest absolute Gasteiger partial charge is 0.0672 e. The molecule has 0 saturated heterocycles. The number of nitriles is 1. The Morgan fingerprint density at radius 3 is 2.59 bits per heavy atom. The summed E-state index contributed by atoms with van der Waals surface area (Å²) in [5.41, 5.74) is 2.60. The average Bonchev–Trinajstić information content (AvgIpc) is 2.25. The Morgan fingerprint density at radius 2 is 2.06 bits per heavy atom. The highest BCUT2D eigenvalue weighted by Crippen LogP contribution is 2.13. The Balaban J connectivity index is 2.55. The van der Waals surface area contributed by atoms with Crippen LogP contribution >= 0.6 is 0 Å². The van der Waals surface area contributed by atoms with Gasteiger partial charge in [0.2, 0.25) is 0 Å². The van der Waals surface area contributed by atoms with E-state index < -0.39 is 0 Å². The van der Waals surface area contributed by atoms with Crippen LogP contribution in [0.1, 0.15) is 25.0 Å². The van der Waals surface area contributed by atoms with Crippen molar-refractivity contribution >= 4 is 0 Å². The summed E-state index contributed by atoms with van der Waals surface area (Å²) in [5, 5.41) is 9.08. The summed E-state index contributed by atoms with van der Waals surface area (Å²) < 4.78 is 0. The first kappa shape index (κ1) is 13.7. The van der Waals surface area contributed by atoms with E-state index in [-0.39, 0.29) is 5.92 Å². The summed E-state index contributed by atoms with van der Waals surface area (Å²) in [6.07, 6.45) is 0. The number of hydrogen-bond donors (Lipinski definition) is 0. The lowest BCUT2D eigenvalue weighted by atomic mass is 9.97. The molecule has 0 bridgehead atoms. The van der Waals surface area contributed by atoms with Gasteiger partial charge >= 0.3 is 0 Å². The van der Waals surface area contributed by atoms with Gasteiger partial charge in [-0.1, -0.05) is 43.7 Å². The van der Waals surface area contributed by atoms with Crippen LogP contribution in [0.2, 0.25) is 0 Å². The quantitative estimate of drug-likeness (QED) is 0.776. The van der Waals surface area contributed by atoms with Gasteiger partial charge in [-0.15, -0.1) is 0 Å². The molecule has 1 unspecified atom stereocenters. The van der Waals surface area contributed by atoms with Crippen LogP contribution in [0.4, 0.5) is 0 Å². The summed E-state index contributed by atoms with van der Waals surface area (Å²) >= 11 is 0. The highest BCUT2D eigenvalue weighted by molar-refractivity contribution is 5.22. The van der Waals surface area contributed by atoms with Gasteiger partial charge in [0.05, 0.1) is 12.0 Å². The van der Waals surface area contributed by atoms with E-state index in [0.717, 1.165) is 13.1 Å². The molecule has 0 radical (unpaired) electrons. The molecule has 0 N–H and O–H groups in total. The lowest BCUT2D eigenvalue weighted by Crippen LogP contribution is -2.27. The maximum absolute atomic E-state index is 9.08. The Kier molecular flexibility index (Phi) is 5.18. The fourth-order valence-corrected chi connectivity index (χ4v) is 1.92. The normalized spacial score (nSPS) is 12.8. The molecule has 1 aromatic rings. The standard InChI is InChI=1S/C15H22N2/c1-12(2)15(9-16)11-17(4)10-14-7-5-6-13(3)8-14/h5-8,12,15H,10-11H2,1-4H3. The molecule has 2 heteroatoms. The lowest BCUT2D eigenvalue weighted by molar-refractivity contribution is 0.265. The van der Waals surface area contributed by atoms with Crippen molar-refractivity contribution in [2.24, 2.45) is 11.8 Å². The Bertz CT molecular complexity index is 390. The SMILES string of the molecule is Cc1cccc(CN(C)CC(C#N)C(C)C)c1. The molecule has 1 atom stereocenters. The molecule has 0 heterocycles. The second-order valence-electron chi connectivity index (χ2n) is 5.17. The lowest BCUT2D eigenvalue weighted by Gasteiger charge is -2.22. The Hall–Kier alpha value is -1.33. The van der Waals surface area contributed by atoms with Gasteiger partial charge in [0.1, 0.15) is 0 Å². The second-order valence-corrected chi connectivity index (χ2v) is 5.17. The van der Waals surface area contributed by atoms with Gasteiger partial charge in [0.15, 0.2) is 0 Å². The van der Waals surface area contributed by atoms with Crippen molar-refractivity contribution in [1.82, 2.24) is 4.90 Å². The minimum Gasteiger partial charge on any atom is -0.301 e. The van der Waals surface area contributed by atoms with Crippen LogP contribution < -0.4 is 0 Å². The molecule has 92 valence electrons. The number of rotatable bonds is 5. The van der Waals surface area contributed by atoms with Crippen LogP contribution in [-0.2, 0) is 6.54 Å². The van der Waals surface area contributed by atoms with Crippen molar-refractivity contribution < 1.29 is 0 Å². The van der Waals surface area contributed by atoms with E-state index in [1.807, 2.05) is 0 Å². The monoisotopic (exact) mass is 230 g/mol. The molecule has 0 saturated carbocycles. The molecular formula is C15H22N2. The van der Waals surface area contributed by atoms with Crippen LogP contribution in [0, 0.1) is 30.1 Å². The van der Waals surface area contributed by atoms with Crippen molar-refractivity contribution in [1.29, 1.82) is 5.26 Å². The molecule has 0 fully saturated rings. The third-order valence-corrected chi connectivity index (χ3v) is 3.01. The summed E-state index contributed by atoms with van der Waals surface area (Å²) in [6, 6.07) is 10.9. The van der Waals surface area contributed by atoms with Crippen molar-refractivity contribution in [3.05, 3.63) is 35.4 Å². The van der Waals surface area contributed by atoms with E-state index in [2.05, 4.69) is 63.1 Å². The molecule has 0 aliphatic carbocycles. The molecule has 2 nitrogen and oxygen atoms in total. The minimum atomic E-state index is 0.116. The van der Waals surface area contributed by atoms with E-state index in [1.165, 1.54) is 11.1 Å². The van der Waals surface area contributed by atoms with Gasteiger partial charge in [-0.05, 0) is 25.5 Å². The predicted octanol–water partition coefficient (Wildman–Crippen LogP) is 3.22. The summed E-state index contributed by atoms with van der Waals surface area (Å²) in [6.45, 7) is 8.06. The van der Waals surface area contributed by atoms with Crippen molar-refractivity contribution in [3.63, 3.8) is 0 Å². The topological polar surface area (TPSA) is 27.0 Å². The number of hydrogen-bond acceptors (Lipinski definition) is 2. The second kappa shape index (κ2) is 6.42. The van der Waals surface area contributed by atoms with Crippen LogP contribution in [0.5, 0.6) is 0 Å². The zero-order valence-corrected chi connectivity index (χ0v) is 11.3.